The van der Waals surface area contributed by atoms with Gasteiger partial charge in [-0.05, 0) is 37.5 Å². The number of halogens is 1. The highest BCUT2D eigenvalue weighted by molar-refractivity contribution is 9.09. The van der Waals surface area contributed by atoms with E-state index in [4.69, 9.17) is 4.74 Å². The molecule has 3 aliphatic rings. The van der Waals surface area contributed by atoms with E-state index >= 15 is 0 Å². The zero-order chi connectivity index (χ0) is 12.1. The number of ether oxygens (including phenoxy) is 1. The van der Waals surface area contributed by atoms with Crippen molar-refractivity contribution in [2.45, 2.75) is 31.8 Å². The number of alkyl halides is 1. The molecule has 0 radical (unpaired) electrons. The van der Waals surface area contributed by atoms with Crippen molar-refractivity contribution < 1.29 is 13.2 Å². The van der Waals surface area contributed by atoms with Crippen molar-refractivity contribution in [3.8, 4) is 0 Å². The summed E-state index contributed by atoms with van der Waals surface area (Å²) in [6.45, 7) is 0.809. The van der Waals surface area contributed by atoms with Crippen LogP contribution in [0.25, 0.3) is 0 Å². The standard InChI is InChI=1S/C12H19BrO3S/c13-8-12(10-3-6-17(14,15)7-10)4-5-16-11(12)9-1-2-9/h9-11H,1-8H2. The molecule has 0 spiro atoms. The second-order valence-corrected chi connectivity index (χ2v) is 8.64. The average molecular weight is 323 g/mol. The zero-order valence-corrected chi connectivity index (χ0v) is 12.3. The van der Waals surface area contributed by atoms with Crippen molar-refractivity contribution in [1.29, 1.82) is 0 Å². The van der Waals surface area contributed by atoms with Gasteiger partial charge in [-0.2, -0.15) is 0 Å². The summed E-state index contributed by atoms with van der Waals surface area (Å²) in [5.41, 5.74) is 0.0880. The van der Waals surface area contributed by atoms with Gasteiger partial charge < -0.3 is 4.74 Å². The predicted molar refractivity (Wildman–Crippen MR) is 70.1 cm³/mol. The Morgan fingerprint density at radius 2 is 2.06 bits per heavy atom. The molecule has 0 aromatic heterocycles. The highest BCUT2D eigenvalue weighted by Gasteiger charge is 2.56. The van der Waals surface area contributed by atoms with E-state index in [-0.39, 0.29) is 5.41 Å². The van der Waals surface area contributed by atoms with Crippen LogP contribution in [0, 0.1) is 17.3 Å². The lowest BCUT2D eigenvalue weighted by Crippen LogP contribution is -2.42. The maximum absolute atomic E-state index is 11.7. The second kappa shape index (κ2) is 4.20. The second-order valence-electron chi connectivity index (χ2n) is 5.85. The Morgan fingerprint density at radius 1 is 1.29 bits per heavy atom. The van der Waals surface area contributed by atoms with E-state index in [1.165, 1.54) is 12.8 Å². The summed E-state index contributed by atoms with van der Waals surface area (Å²) in [5.74, 6) is 1.76. The molecule has 5 heteroatoms. The van der Waals surface area contributed by atoms with Crippen LogP contribution >= 0.6 is 15.9 Å². The highest BCUT2D eigenvalue weighted by atomic mass is 79.9. The van der Waals surface area contributed by atoms with E-state index in [0.717, 1.165) is 24.8 Å². The number of rotatable bonds is 3. The molecule has 0 aromatic carbocycles. The lowest BCUT2D eigenvalue weighted by atomic mass is 9.70. The monoisotopic (exact) mass is 322 g/mol. The van der Waals surface area contributed by atoms with Crippen molar-refractivity contribution in [1.82, 2.24) is 0 Å². The number of hydrogen-bond donors (Lipinski definition) is 0. The van der Waals surface area contributed by atoms with Crippen LogP contribution in [0.15, 0.2) is 0 Å². The summed E-state index contributed by atoms with van der Waals surface area (Å²) in [6, 6.07) is 0. The quantitative estimate of drug-likeness (QED) is 0.746. The van der Waals surface area contributed by atoms with E-state index in [2.05, 4.69) is 15.9 Å². The number of hydrogen-bond acceptors (Lipinski definition) is 3. The maximum atomic E-state index is 11.7. The van der Waals surface area contributed by atoms with E-state index in [1.807, 2.05) is 0 Å². The minimum absolute atomic E-state index is 0.0880. The van der Waals surface area contributed by atoms with Gasteiger partial charge in [0, 0.05) is 17.4 Å². The SMILES string of the molecule is O=S1(=O)CCC(C2(CBr)CCOC2C2CC2)C1. The minimum Gasteiger partial charge on any atom is -0.377 e. The van der Waals surface area contributed by atoms with Crippen LogP contribution in [-0.2, 0) is 14.6 Å². The van der Waals surface area contributed by atoms with E-state index in [9.17, 15) is 8.42 Å². The molecule has 0 bridgehead atoms. The lowest BCUT2D eigenvalue weighted by Gasteiger charge is -2.37. The molecule has 17 heavy (non-hydrogen) atoms. The molecule has 1 aliphatic carbocycles. The average Bonchev–Trinajstić information content (AvgIpc) is 2.93. The van der Waals surface area contributed by atoms with Crippen LogP contribution in [0.5, 0.6) is 0 Å². The van der Waals surface area contributed by atoms with Gasteiger partial charge in [0.15, 0.2) is 9.84 Å². The fraction of sp³-hybridized carbons (Fsp3) is 1.00. The van der Waals surface area contributed by atoms with Crippen molar-refractivity contribution in [3.05, 3.63) is 0 Å². The molecule has 3 unspecified atom stereocenters. The van der Waals surface area contributed by atoms with Crippen LogP contribution in [0.2, 0.25) is 0 Å². The molecule has 0 amide bonds. The molecule has 2 aliphatic heterocycles. The summed E-state index contributed by atoms with van der Waals surface area (Å²) >= 11 is 3.64. The summed E-state index contributed by atoms with van der Waals surface area (Å²) in [4.78, 5) is 0. The third kappa shape index (κ3) is 2.08. The Labute approximate surface area is 111 Å². The van der Waals surface area contributed by atoms with Gasteiger partial charge in [-0.1, -0.05) is 15.9 Å². The van der Waals surface area contributed by atoms with Gasteiger partial charge in [0.05, 0.1) is 17.6 Å². The summed E-state index contributed by atoms with van der Waals surface area (Å²) in [6.07, 6.45) is 4.69. The smallest absolute Gasteiger partial charge is 0.150 e. The van der Waals surface area contributed by atoms with Crippen molar-refractivity contribution in [3.63, 3.8) is 0 Å². The first-order chi connectivity index (χ1) is 8.07. The molecule has 2 saturated heterocycles. The topological polar surface area (TPSA) is 43.4 Å². The van der Waals surface area contributed by atoms with Crippen molar-refractivity contribution >= 4 is 25.8 Å². The molecule has 3 nitrogen and oxygen atoms in total. The van der Waals surface area contributed by atoms with E-state index in [1.54, 1.807) is 0 Å². The Hall–Kier alpha value is 0.390. The van der Waals surface area contributed by atoms with E-state index < -0.39 is 9.84 Å². The molecule has 3 rings (SSSR count). The largest absolute Gasteiger partial charge is 0.377 e. The van der Waals surface area contributed by atoms with Crippen molar-refractivity contribution in [2.24, 2.45) is 17.3 Å². The summed E-state index contributed by atoms with van der Waals surface area (Å²) in [7, 11) is -2.79. The third-order valence-corrected chi connectivity index (χ3v) is 7.59. The summed E-state index contributed by atoms with van der Waals surface area (Å²) < 4.78 is 29.3. The Balaban J connectivity index is 1.86. The van der Waals surface area contributed by atoms with Gasteiger partial charge in [-0.25, -0.2) is 8.42 Å². The molecule has 3 fully saturated rings. The Morgan fingerprint density at radius 3 is 2.59 bits per heavy atom. The Bertz CT molecular complexity index is 404. The van der Waals surface area contributed by atoms with E-state index in [0.29, 0.717) is 29.4 Å². The van der Waals surface area contributed by atoms with Gasteiger partial charge in [0.2, 0.25) is 0 Å². The van der Waals surface area contributed by atoms with Crippen LogP contribution in [0.3, 0.4) is 0 Å². The van der Waals surface area contributed by atoms with Gasteiger partial charge in [-0.3, -0.25) is 0 Å². The fourth-order valence-electron chi connectivity index (χ4n) is 3.63. The molecule has 1 saturated carbocycles. The van der Waals surface area contributed by atoms with Crippen molar-refractivity contribution in [2.75, 3.05) is 23.4 Å². The van der Waals surface area contributed by atoms with Gasteiger partial charge in [0.1, 0.15) is 0 Å². The first kappa shape index (κ1) is 12.4. The highest BCUT2D eigenvalue weighted by Crippen LogP contribution is 2.54. The molecule has 2 heterocycles. The van der Waals surface area contributed by atoms with Gasteiger partial charge in [0.25, 0.3) is 0 Å². The van der Waals surface area contributed by atoms with Gasteiger partial charge in [-0.15, -0.1) is 0 Å². The molecular formula is C12H19BrO3S. The van der Waals surface area contributed by atoms with Crippen LogP contribution in [0.4, 0.5) is 0 Å². The summed E-state index contributed by atoms with van der Waals surface area (Å²) in [5, 5.41) is 0.890. The van der Waals surface area contributed by atoms with Gasteiger partial charge >= 0.3 is 0 Å². The Kier molecular flexibility index (Phi) is 3.07. The predicted octanol–water partition coefficient (Wildman–Crippen LogP) is 2.00. The van der Waals surface area contributed by atoms with Crippen LogP contribution in [0.1, 0.15) is 25.7 Å². The number of sulfone groups is 1. The molecule has 0 N–H and O–H groups in total. The molecule has 98 valence electrons. The first-order valence-electron chi connectivity index (χ1n) is 6.45. The first-order valence-corrected chi connectivity index (χ1v) is 9.40. The third-order valence-electron chi connectivity index (χ3n) is 4.78. The van der Waals surface area contributed by atoms with Crippen LogP contribution < -0.4 is 0 Å². The zero-order valence-electron chi connectivity index (χ0n) is 9.90. The maximum Gasteiger partial charge on any atom is 0.150 e. The molecule has 0 aromatic rings. The fourth-order valence-corrected chi connectivity index (χ4v) is 6.60. The normalized spacial score (nSPS) is 45.2. The van der Waals surface area contributed by atoms with Crippen LogP contribution in [-0.4, -0.2) is 38.0 Å². The lowest BCUT2D eigenvalue weighted by molar-refractivity contribution is 0.0183. The molecule has 3 atom stereocenters. The molecular weight excluding hydrogens is 304 g/mol. The minimum atomic E-state index is -2.79.